The highest BCUT2D eigenvalue weighted by Crippen LogP contribution is 2.33. The third-order valence-electron chi connectivity index (χ3n) is 4.90. The largest absolute Gasteiger partial charge is 0.384 e. The van der Waals surface area contributed by atoms with Crippen LogP contribution in [0.15, 0.2) is 6.07 Å². The highest BCUT2D eigenvalue weighted by molar-refractivity contribution is 6.01. The minimum Gasteiger partial charge on any atom is -0.384 e. The third kappa shape index (κ3) is 3.36. The maximum absolute atomic E-state index is 7.87. The Bertz CT molecular complexity index is 516. The average molecular weight is 288 g/mol. The molecule has 0 radical (unpaired) electrons. The molecule has 0 saturated heterocycles. The predicted octanol–water partition coefficient (Wildman–Crippen LogP) is 3.39. The van der Waals surface area contributed by atoms with Gasteiger partial charge in [0.2, 0.25) is 0 Å². The molecule has 0 aromatic carbocycles. The van der Waals surface area contributed by atoms with Crippen molar-refractivity contribution in [3.8, 4) is 0 Å². The van der Waals surface area contributed by atoms with Crippen molar-refractivity contribution in [1.29, 1.82) is 5.41 Å². The summed E-state index contributed by atoms with van der Waals surface area (Å²) in [4.78, 5) is 6.78. The van der Waals surface area contributed by atoms with Crippen LogP contribution in [-0.2, 0) is 0 Å². The first kappa shape index (κ1) is 15.8. The van der Waals surface area contributed by atoms with E-state index in [0.29, 0.717) is 6.04 Å². The molecule has 1 fully saturated rings. The zero-order chi connectivity index (χ0) is 15.6. The number of aryl methyl sites for hydroxylation is 2. The number of nitrogens with zero attached hydrogens (tertiary/aromatic N) is 2. The lowest BCUT2D eigenvalue weighted by molar-refractivity contribution is 0.313. The van der Waals surface area contributed by atoms with Gasteiger partial charge in [-0.15, -0.1) is 0 Å². The van der Waals surface area contributed by atoms with Gasteiger partial charge in [-0.1, -0.05) is 13.3 Å². The Morgan fingerprint density at radius 1 is 1.33 bits per heavy atom. The molecule has 4 heteroatoms. The fourth-order valence-electron chi connectivity index (χ4n) is 3.56. The lowest BCUT2D eigenvalue weighted by atomic mass is 9.84. The van der Waals surface area contributed by atoms with E-state index in [9.17, 15) is 0 Å². The van der Waals surface area contributed by atoms with E-state index in [-0.39, 0.29) is 5.84 Å². The minimum atomic E-state index is 0.115. The van der Waals surface area contributed by atoms with E-state index in [0.717, 1.165) is 28.6 Å². The van der Waals surface area contributed by atoms with Crippen LogP contribution in [-0.4, -0.2) is 23.9 Å². The van der Waals surface area contributed by atoms with Crippen molar-refractivity contribution in [3.63, 3.8) is 0 Å². The number of rotatable bonds is 4. The number of amidine groups is 1. The summed E-state index contributed by atoms with van der Waals surface area (Å²) in [7, 11) is 2.14. The van der Waals surface area contributed by atoms with E-state index in [2.05, 4.69) is 29.9 Å². The van der Waals surface area contributed by atoms with Gasteiger partial charge in [-0.2, -0.15) is 0 Å². The molecule has 1 heterocycles. The summed E-state index contributed by atoms with van der Waals surface area (Å²) >= 11 is 0. The van der Waals surface area contributed by atoms with Crippen LogP contribution in [0.4, 0.5) is 5.69 Å². The molecule has 1 aromatic heterocycles. The number of hydrogen-bond acceptors (Lipinski definition) is 3. The quantitative estimate of drug-likeness (QED) is 0.659. The maximum Gasteiger partial charge on any atom is 0.126 e. The van der Waals surface area contributed by atoms with Gasteiger partial charge in [-0.3, -0.25) is 10.4 Å². The summed E-state index contributed by atoms with van der Waals surface area (Å²) < 4.78 is 0. The fourth-order valence-corrected chi connectivity index (χ4v) is 3.56. The number of hydrogen-bond donors (Lipinski definition) is 2. The second-order valence-corrected chi connectivity index (χ2v) is 6.35. The molecule has 1 aromatic rings. The number of nitrogen functional groups attached to an aromatic ring is 1. The molecular weight excluding hydrogens is 260 g/mol. The first-order valence-corrected chi connectivity index (χ1v) is 7.99. The molecule has 3 N–H and O–H groups in total. The van der Waals surface area contributed by atoms with E-state index < -0.39 is 0 Å². The number of anilines is 1. The third-order valence-corrected chi connectivity index (χ3v) is 4.90. The summed E-state index contributed by atoms with van der Waals surface area (Å²) in [5.74, 6) is 1.01. The monoisotopic (exact) mass is 288 g/mol. The average Bonchev–Trinajstić information content (AvgIpc) is 2.45. The fraction of sp³-hybridized carbons (Fsp3) is 0.647. The Balaban J connectivity index is 2.27. The van der Waals surface area contributed by atoms with Crippen molar-refractivity contribution in [3.05, 3.63) is 23.0 Å². The summed E-state index contributed by atoms with van der Waals surface area (Å²) in [6.07, 6.45) is 6.37. The Hall–Kier alpha value is -1.58. The predicted molar refractivity (Wildman–Crippen MR) is 89.2 cm³/mol. The van der Waals surface area contributed by atoms with Crippen LogP contribution in [0, 0.1) is 25.2 Å². The van der Waals surface area contributed by atoms with E-state index in [1.54, 1.807) is 0 Å². The number of nitrogens with two attached hydrogens (primary N) is 1. The SMILES string of the molecule is CCC1CCC(N(C)c2cc(C)nc(C)c2C(=N)N)CC1. The highest BCUT2D eigenvalue weighted by Gasteiger charge is 2.25. The molecule has 0 atom stereocenters. The van der Waals surface area contributed by atoms with Crippen LogP contribution in [0.2, 0.25) is 0 Å². The molecule has 1 aliphatic rings. The van der Waals surface area contributed by atoms with Crippen molar-refractivity contribution >= 4 is 11.5 Å². The van der Waals surface area contributed by atoms with Gasteiger partial charge in [0.25, 0.3) is 0 Å². The Labute approximate surface area is 128 Å². The molecule has 4 nitrogen and oxygen atoms in total. The molecule has 2 rings (SSSR count). The molecule has 1 aliphatic carbocycles. The lowest BCUT2D eigenvalue weighted by Gasteiger charge is -2.37. The van der Waals surface area contributed by atoms with Gasteiger partial charge in [0.05, 0.1) is 16.9 Å². The number of aromatic nitrogens is 1. The first-order valence-electron chi connectivity index (χ1n) is 7.99. The Morgan fingerprint density at radius 3 is 2.48 bits per heavy atom. The standard InChI is InChI=1S/C17H28N4/c1-5-13-6-8-14(9-7-13)21(4)15-10-11(2)20-12(3)16(15)17(18)19/h10,13-14H,5-9H2,1-4H3,(H3,18,19). The van der Waals surface area contributed by atoms with E-state index in [1.807, 2.05) is 13.8 Å². The second-order valence-electron chi connectivity index (χ2n) is 6.35. The van der Waals surface area contributed by atoms with Gasteiger partial charge in [0.1, 0.15) is 5.84 Å². The van der Waals surface area contributed by atoms with Crippen molar-refractivity contribution in [1.82, 2.24) is 4.98 Å². The summed E-state index contributed by atoms with van der Waals surface area (Å²) in [6, 6.07) is 2.61. The highest BCUT2D eigenvalue weighted by atomic mass is 15.1. The zero-order valence-corrected chi connectivity index (χ0v) is 13.7. The summed E-state index contributed by atoms with van der Waals surface area (Å²) in [5, 5.41) is 7.87. The van der Waals surface area contributed by atoms with Crippen LogP contribution in [0.3, 0.4) is 0 Å². The minimum absolute atomic E-state index is 0.115. The van der Waals surface area contributed by atoms with Crippen LogP contribution in [0.1, 0.15) is 56.0 Å². The first-order chi connectivity index (χ1) is 9.93. The maximum atomic E-state index is 7.87. The smallest absolute Gasteiger partial charge is 0.126 e. The lowest BCUT2D eigenvalue weighted by Crippen LogP contribution is -2.36. The van der Waals surface area contributed by atoms with Crippen molar-refractivity contribution < 1.29 is 0 Å². The summed E-state index contributed by atoms with van der Waals surface area (Å²) in [5.41, 5.74) is 9.49. The Kier molecular flexibility index (Phi) is 4.86. The second kappa shape index (κ2) is 6.46. The molecule has 0 amide bonds. The topological polar surface area (TPSA) is 66.0 Å². The van der Waals surface area contributed by atoms with Crippen molar-refractivity contribution in [2.45, 2.75) is 58.9 Å². The van der Waals surface area contributed by atoms with Gasteiger partial charge in [-0.05, 0) is 51.5 Å². The molecule has 21 heavy (non-hydrogen) atoms. The summed E-state index contributed by atoms with van der Waals surface area (Å²) in [6.45, 7) is 6.23. The van der Waals surface area contributed by atoms with E-state index in [4.69, 9.17) is 11.1 Å². The number of pyridine rings is 1. The van der Waals surface area contributed by atoms with Gasteiger partial charge < -0.3 is 10.6 Å². The number of nitrogens with one attached hydrogen (secondary N) is 1. The van der Waals surface area contributed by atoms with E-state index >= 15 is 0 Å². The zero-order valence-electron chi connectivity index (χ0n) is 13.7. The van der Waals surface area contributed by atoms with Crippen LogP contribution >= 0.6 is 0 Å². The normalized spacial score (nSPS) is 22.1. The van der Waals surface area contributed by atoms with Gasteiger partial charge in [-0.25, -0.2) is 0 Å². The van der Waals surface area contributed by atoms with Crippen molar-refractivity contribution in [2.24, 2.45) is 11.7 Å². The molecule has 0 aliphatic heterocycles. The molecule has 0 unspecified atom stereocenters. The molecule has 1 saturated carbocycles. The van der Waals surface area contributed by atoms with Crippen LogP contribution in [0.25, 0.3) is 0 Å². The molecule has 0 spiro atoms. The van der Waals surface area contributed by atoms with Gasteiger partial charge >= 0.3 is 0 Å². The van der Waals surface area contributed by atoms with Crippen LogP contribution < -0.4 is 10.6 Å². The van der Waals surface area contributed by atoms with Gasteiger partial charge in [0, 0.05) is 18.8 Å². The molecule has 0 bridgehead atoms. The van der Waals surface area contributed by atoms with Gasteiger partial charge in [0.15, 0.2) is 0 Å². The van der Waals surface area contributed by atoms with Crippen molar-refractivity contribution in [2.75, 3.05) is 11.9 Å². The van der Waals surface area contributed by atoms with Crippen LogP contribution in [0.5, 0.6) is 0 Å². The molecule has 116 valence electrons. The molecular formula is C17H28N4. The Morgan fingerprint density at radius 2 is 1.95 bits per heavy atom. The van der Waals surface area contributed by atoms with E-state index in [1.165, 1.54) is 32.1 Å².